The predicted octanol–water partition coefficient (Wildman–Crippen LogP) is 3.55. The molecule has 0 aliphatic heterocycles. The molecule has 0 amide bonds. The Bertz CT molecular complexity index is 579. The second kappa shape index (κ2) is 4.97. The minimum absolute atomic E-state index is 0.180. The van der Waals surface area contributed by atoms with E-state index in [2.05, 4.69) is 41.6 Å². The van der Waals surface area contributed by atoms with Gasteiger partial charge in [0.25, 0.3) is 0 Å². The van der Waals surface area contributed by atoms with Crippen molar-refractivity contribution in [1.82, 2.24) is 9.55 Å². The van der Waals surface area contributed by atoms with Crippen LogP contribution >= 0.6 is 0 Å². The molecule has 3 heteroatoms. The van der Waals surface area contributed by atoms with Gasteiger partial charge in [-0.1, -0.05) is 18.9 Å². The summed E-state index contributed by atoms with van der Waals surface area (Å²) in [6, 6.07) is 6.75. The number of imidazole rings is 1. The second-order valence-corrected chi connectivity index (χ2v) is 5.72. The highest BCUT2D eigenvalue weighted by atomic mass is 15.1. The van der Waals surface area contributed by atoms with E-state index in [4.69, 9.17) is 5.73 Å². The molecule has 0 bridgehead atoms. The normalized spacial score (nSPS) is 18.3. The molecule has 102 valence electrons. The standard InChI is InChI=1S/C16H23N3/c1-3-19-11(2)18-14-10-13(8-9-15(14)19)16(17)12-6-4-5-7-12/h8-10,12,16H,3-7,17H2,1-2H3. The SMILES string of the molecule is CCn1c(C)nc2cc(C(N)C3CCCC3)ccc21. The maximum absolute atomic E-state index is 6.43. The molecule has 1 aliphatic carbocycles. The summed E-state index contributed by atoms with van der Waals surface area (Å²) < 4.78 is 2.25. The van der Waals surface area contributed by atoms with Gasteiger partial charge in [0.1, 0.15) is 5.82 Å². The van der Waals surface area contributed by atoms with Crippen LogP contribution in [0.15, 0.2) is 18.2 Å². The number of rotatable bonds is 3. The van der Waals surface area contributed by atoms with Crippen LogP contribution in [0.1, 0.15) is 50.0 Å². The van der Waals surface area contributed by atoms with E-state index in [9.17, 15) is 0 Å². The van der Waals surface area contributed by atoms with Crippen molar-refractivity contribution in [2.45, 2.75) is 52.1 Å². The van der Waals surface area contributed by atoms with Crippen LogP contribution in [-0.2, 0) is 6.54 Å². The highest BCUT2D eigenvalue weighted by Gasteiger charge is 2.23. The highest BCUT2D eigenvalue weighted by molar-refractivity contribution is 5.77. The summed E-state index contributed by atoms with van der Waals surface area (Å²) in [5.41, 5.74) is 10.00. The van der Waals surface area contributed by atoms with Gasteiger partial charge >= 0.3 is 0 Å². The smallest absolute Gasteiger partial charge is 0.106 e. The minimum Gasteiger partial charge on any atom is -0.329 e. The van der Waals surface area contributed by atoms with Gasteiger partial charge in [-0.25, -0.2) is 4.98 Å². The van der Waals surface area contributed by atoms with Crippen LogP contribution in [0.4, 0.5) is 0 Å². The van der Waals surface area contributed by atoms with Crippen molar-refractivity contribution in [2.75, 3.05) is 0 Å². The van der Waals surface area contributed by atoms with Crippen molar-refractivity contribution in [3.8, 4) is 0 Å². The van der Waals surface area contributed by atoms with E-state index in [-0.39, 0.29) is 6.04 Å². The molecule has 1 unspecified atom stereocenters. The molecule has 3 nitrogen and oxygen atoms in total. The molecule has 0 spiro atoms. The van der Waals surface area contributed by atoms with Crippen LogP contribution < -0.4 is 5.73 Å². The summed E-state index contributed by atoms with van der Waals surface area (Å²) in [5.74, 6) is 1.75. The molecule has 0 radical (unpaired) electrons. The largest absolute Gasteiger partial charge is 0.329 e. The van der Waals surface area contributed by atoms with Crippen LogP contribution in [-0.4, -0.2) is 9.55 Å². The van der Waals surface area contributed by atoms with Crippen LogP contribution in [0.2, 0.25) is 0 Å². The zero-order chi connectivity index (χ0) is 13.4. The number of hydrogen-bond donors (Lipinski definition) is 1. The van der Waals surface area contributed by atoms with Gasteiger partial charge in [0.05, 0.1) is 11.0 Å². The number of nitrogens with zero attached hydrogens (tertiary/aromatic N) is 2. The molecule has 1 fully saturated rings. The maximum atomic E-state index is 6.43. The lowest BCUT2D eigenvalue weighted by Gasteiger charge is -2.19. The van der Waals surface area contributed by atoms with Gasteiger partial charge in [0.15, 0.2) is 0 Å². The van der Waals surface area contributed by atoms with Crippen molar-refractivity contribution in [2.24, 2.45) is 11.7 Å². The number of fused-ring (bicyclic) bond motifs is 1. The fourth-order valence-electron chi connectivity index (χ4n) is 3.46. The predicted molar refractivity (Wildman–Crippen MR) is 79.0 cm³/mol. The lowest BCUT2D eigenvalue weighted by atomic mass is 9.92. The van der Waals surface area contributed by atoms with E-state index in [1.54, 1.807) is 0 Å². The van der Waals surface area contributed by atoms with Crippen molar-refractivity contribution in [3.63, 3.8) is 0 Å². The Hall–Kier alpha value is -1.35. The molecule has 1 saturated carbocycles. The van der Waals surface area contributed by atoms with Gasteiger partial charge in [-0.2, -0.15) is 0 Å². The Balaban J connectivity index is 1.97. The van der Waals surface area contributed by atoms with E-state index < -0.39 is 0 Å². The average molecular weight is 257 g/mol. The van der Waals surface area contributed by atoms with Gasteiger partial charge in [-0.05, 0) is 50.3 Å². The fraction of sp³-hybridized carbons (Fsp3) is 0.562. The van der Waals surface area contributed by atoms with Gasteiger partial charge in [0, 0.05) is 12.6 Å². The number of benzene rings is 1. The number of aromatic nitrogens is 2. The Morgan fingerprint density at radius 3 is 2.79 bits per heavy atom. The van der Waals surface area contributed by atoms with Crippen molar-refractivity contribution >= 4 is 11.0 Å². The van der Waals surface area contributed by atoms with Gasteiger partial charge in [-0.15, -0.1) is 0 Å². The first-order chi connectivity index (χ1) is 9.20. The Morgan fingerprint density at radius 2 is 2.11 bits per heavy atom. The van der Waals surface area contributed by atoms with E-state index in [0.717, 1.165) is 17.9 Å². The van der Waals surface area contributed by atoms with Crippen molar-refractivity contribution in [1.29, 1.82) is 0 Å². The first-order valence-electron chi connectivity index (χ1n) is 7.43. The number of hydrogen-bond acceptors (Lipinski definition) is 2. The number of nitrogens with two attached hydrogens (primary N) is 1. The van der Waals surface area contributed by atoms with Gasteiger partial charge in [0.2, 0.25) is 0 Å². The zero-order valence-electron chi connectivity index (χ0n) is 11.9. The molecular weight excluding hydrogens is 234 g/mol. The molecule has 1 aliphatic rings. The Labute approximate surface area is 114 Å². The van der Waals surface area contributed by atoms with Crippen LogP contribution in [0, 0.1) is 12.8 Å². The van der Waals surface area contributed by atoms with E-state index in [0.29, 0.717) is 5.92 Å². The van der Waals surface area contributed by atoms with Crippen LogP contribution in [0.3, 0.4) is 0 Å². The fourth-order valence-corrected chi connectivity index (χ4v) is 3.46. The molecule has 1 aromatic carbocycles. The molecule has 2 N–H and O–H groups in total. The topological polar surface area (TPSA) is 43.8 Å². The number of aryl methyl sites for hydroxylation is 2. The van der Waals surface area contributed by atoms with Crippen molar-refractivity contribution in [3.05, 3.63) is 29.6 Å². The summed E-state index contributed by atoms with van der Waals surface area (Å²) in [6.07, 6.45) is 5.23. The van der Waals surface area contributed by atoms with E-state index in [1.165, 1.54) is 36.8 Å². The van der Waals surface area contributed by atoms with Crippen molar-refractivity contribution < 1.29 is 0 Å². The summed E-state index contributed by atoms with van der Waals surface area (Å²) >= 11 is 0. The molecule has 1 heterocycles. The molecule has 1 aromatic heterocycles. The zero-order valence-corrected chi connectivity index (χ0v) is 11.9. The lowest BCUT2D eigenvalue weighted by Crippen LogP contribution is -2.18. The monoisotopic (exact) mass is 257 g/mol. The molecule has 2 aromatic rings. The molecule has 19 heavy (non-hydrogen) atoms. The average Bonchev–Trinajstić information content (AvgIpc) is 3.03. The quantitative estimate of drug-likeness (QED) is 0.913. The van der Waals surface area contributed by atoms with Gasteiger partial charge in [-0.3, -0.25) is 0 Å². The third-order valence-electron chi connectivity index (χ3n) is 4.57. The third kappa shape index (κ3) is 2.16. The van der Waals surface area contributed by atoms with Crippen LogP contribution in [0.25, 0.3) is 11.0 Å². The molecule has 1 atom stereocenters. The summed E-state index contributed by atoms with van der Waals surface area (Å²) in [4.78, 5) is 4.66. The highest BCUT2D eigenvalue weighted by Crippen LogP contribution is 2.34. The Kier molecular flexibility index (Phi) is 3.31. The van der Waals surface area contributed by atoms with Gasteiger partial charge < -0.3 is 10.3 Å². The minimum atomic E-state index is 0.180. The molecular formula is C16H23N3. The molecule has 3 rings (SSSR count). The summed E-state index contributed by atoms with van der Waals surface area (Å²) in [7, 11) is 0. The van der Waals surface area contributed by atoms with Crippen LogP contribution in [0.5, 0.6) is 0 Å². The lowest BCUT2D eigenvalue weighted by molar-refractivity contribution is 0.445. The van der Waals surface area contributed by atoms with E-state index >= 15 is 0 Å². The first kappa shape index (κ1) is 12.7. The van der Waals surface area contributed by atoms with E-state index in [1.807, 2.05) is 0 Å². The summed E-state index contributed by atoms with van der Waals surface area (Å²) in [5, 5.41) is 0. The molecule has 0 saturated heterocycles. The Morgan fingerprint density at radius 1 is 1.37 bits per heavy atom. The second-order valence-electron chi connectivity index (χ2n) is 5.72. The first-order valence-corrected chi connectivity index (χ1v) is 7.43. The summed E-state index contributed by atoms with van der Waals surface area (Å²) in [6.45, 7) is 5.20. The maximum Gasteiger partial charge on any atom is 0.106 e. The third-order valence-corrected chi connectivity index (χ3v) is 4.57.